The SMILES string of the molecule is COC(=O)C1(N(C)C(=O)OC(C)(C)C)CCOC1. The van der Waals surface area contributed by atoms with Gasteiger partial charge < -0.3 is 14.2 Å². The van der Waals surface area contributed by atoms with E-state index in [1.165, 1.54) is 19.1 Å². The van der Waals surface area contributed by atoms with Crippen molar-refractivity contribution in [2.45, 2.75) is 38.3 Å². The Kier molecular flexibility index (Phi) is 4.21. The van der Waals surface area contributed by atoms with Crippen molar-refractivity contribution in [3.63, 3.8) is 0 Å². The number of esters is 1. The van der Waals surface area contributed by atoms with Crippen LogP contribution in [0, 0.1) is 0 Å². The quantitative estimate of drug-likeness (QED) is 0.697. The lowest BCUT2D eigenvalue weighted by molar-refractivity contribution is -0.154. The number of amides is 1. The number of hydrogen-bond donors (Lipinski definition) is 0. The molecular formula is C12H21NO5. The molecule has 0 saturated carbocycles. The zero-order chi connectivity index (χ0) is 14.0. The Morgan fingerprint density at radius 1 is 1.33 bits per heavy atom. The summed E-state index contributed by atoms with van der Waals surface area (Å²) in [6, 6.07) is 0. The first-order chi connectivity index (χ1) is 8.23. The number of likely N-dealkylation sites (N-methyl/N-ethyl adjacent to an activating group) is 1. The summed E-state index contributed by atoms with van der Waals surface area (Å²) in [5.74, 6) is -0.478. The summed E-state index contributed by atoms with van der Waals surface area (Å²) in [5, 5.41) is 0. The molecule has 1 saturated heterocycles. The van der Waals surface area contributed by atoms with Gasteiger partial charge in [0.1, 0.15) is 5.60 Å². The predicted molar refractivity (Wildman–Crippen MR) is 64.2 cm³/mol. The first kappa shape index (κ1) is 14.8. The van der Waals surface area contributed by atoms with Crippen LogP contribution in [0.4, 0.5) is 4.79 Å². The number of carbonyl (C=O) groups excluding carboxylic acids is 2. The summed E-state index contributed by atoms with van der Waals surface area (Å²) >= 11 is 0. The minimum Gasteiger partial charge on any atom is -0.467 e. The monoisotopic (exact) mass is 259 g/mol. The van der Waals surface area contributed by atoms with Gasteiger partial charge in [0.25, 0.3) is 0 Å². The van der Waals surface area contributed by atoms with Crippen LogP contribution in [0.2, 0.25) is 0 Å². The number of methoxy groups -OCH3 is 1. The van der Waals surface area contributed by atoms with Crippen molar-refractivity contribution in [3.05, 3.63) is 0 Å². The third kappa shape index (κ3) is 2.93. The highest BCUT2D eigenvalue weighted by Gasteiger charge is 2.50. The lowest BCUT2D eigenvalue weighted by Gasteiger charge is -2.35. The van der Waals surface area contributed by atoms with E-state index in [4.69, 9.17) is 14.2 Å². The second-order valence-corrected chi connectivity index (χ2v) is 5.37. The smallest absolute Gasteiger partial charge is 0.411 e. The zero-order valence-corrected chi connectivity index (χ0v) is 11.6. The lowest BCUT2D eigenvalue weighted by atomic mass is 9.97. The summed E-state index contributed by atoms with van der Waals surface area (Å²) in [7, 11) is 2.82. The molecule has 1 heterocycles. The maximum atomic E-state index is 12.0. The molecule has 0 aromatic heterocycles. The Balaban J connectivity index is 2.87. The van der Waals surface area contributed by atoms with Crippen LogP contribution in [0.15, 0.2) is 0 Å². The van der Waals surface area contributed by atoms with Crippen molar-refractivity contribution in [1.29, 1.82) is 0 Å². The van der Waals surface area contributed by atoms with Crippen LogP contribution in [0.3, 0.4) is 0 Å². The van der Waals surface area contributed by atoms with Crippen molar-refractivity contribution >= 4 is 12.1 Å². The highest BCUT2D eigenvalue weighted by Crippen LogP contribution is 2.28. The second kappa shape index (κ2) is 5.14. The summed E-state index contributed by atoms with van der Waals surface area (Å²) in [4.78, 5) is 25.2. The summed E-state index contributed by atoms with van der Waals surface area (Å²) in [5.41, 5.74) is -1.68. The number of carbonyl (C=O) groups is 2. The van der Waals surface area contributed by atoms with E-state index < -0.39 is 23.2 Å². The van der Waals surface area contributed by atoms with Crippen LogP contribution in [0.25, 0.3) is 0 Å². The molecule has 1 aliphatic heterocycles. The van der Waals surface area contributed by atoms with Gasteiger partial charge in [-0.05, 0) is 20.8 Å². The highest BCUT2D eigenvalue weighted by molar-refractivity contribution is 5.86. The van der Waals surface area contributed by atoms with Gasteiger partial charge in [-0.1, -0.05) is 0 Å². The van der Waals surface area contributed by atoms with Gasteiger partial charge in [-0.15, -0.1) is 0 Å². The van der Waals surface area contributed by atoms with Crippen LogP contribution < -0.4 is 0 Å². The minimum absolute atomic E-state index is 0.134. The Morgan fingerprint density at radius 3 is 2.33 bits per heavy atom. The first-order valence-electron chi connectivity index (χ1n) is 5.86. The van der Waals surface area contributed by atoms with E-state index in [0.717, 1.165) is 0 Å². The van der Waals surface area contributed by atoms with Gasteiger partial charge in [0.05, 0.1) is 13.7 Å². The Morgan fingerprint density at radius 2 is 1.94 bits per heavy atom. The van der Waals surface area contributed by atoms with E-state index in [2.05, 4.69) is 0 Å². The molecule has 1 amide bonds. The first-order valence-corrected chi connectivity index (χ1v) is 5.86. The molecule has 1 aliphatic rings. The number of rotatable bonds is 2. The van der Waals surface area contributed by atoms with E-state index in [1.807, 2.05) is 0 Å². The Bertz CT molecular complexity index is 328. The minimum atomic E-state index is -1.07. The van der Waals surface area contributed by atoms with Gasteiger partial charge in [0.2, 0.25) is 0 Å². The summed E-state index contributed by atoms with van der Waals surface area (Å²) in [6.45, 7) is 5.87. The molecule has 0 aromatic rings. The number of nitrogens with zero attached hydrogens (tertiary/aromatic N) is 1. The highest BCUT2D eigenvalue weighted by atomic mass is 16.6. The van der Waals surface area contributed by atoms with Crippen LogP contribution in [0.1, 0.15) is 27.2 Å². The topological polar surface area (TPSA) is 65.1 Å². The van der Waals surface area contributed by atoms with Crippen LogP contribution in [0.5, 0.6) is 0 Å². The Hall–Kier alpha value is -1.30. The van der Waals surface area contributed by atoms with E-state index in [0.29, 0.717) is 13.0 Å². The molecule has 104 valence electrons. The van der Waals surface area contributed by atoms with Crippen molar-refractivity contribution in [3.8, 4) is 0 Å². The van der Waals surface area contributed by atoms with E-state index in [1.54, 1.807) is 20.8 Å². The molecule has 1 unspecified atom stereocenters. The predicted octanol–water partition coefficient (Wildman–Crippen LogP) is 1.19. The Labute approximate surface area is 107 Å². The fourth-order valence-electron chi connectivity index (χ4n) is 1.81. The van der Waals surface area contributed by atoms with Crippen molar-refractivity contribution in [2.24, 2.45) is 0 Å². The lowest BCUT2D eigenvalue weighted by Crippen LogP contribution is -2.57. The molecular weight excluding hydrogens is 238 g/mol. The van der Waals surface area contributed by atoms with Crippen LogP contribution in [-0.2, 0) is 19.0 Å². The van der Waals surface area contributed by atoms with Gasteiger partial charge in [-0.3, -0.25) is 4.90 Å². The van der Waals surface area contributed by atoms with E-state index in [-0.39, 0.29) is 6.61 Å². The average molecular weight is 259 g/mol. The molecule has 18 heavy (non-hydrogen) atoms. The average Bonchev–Trinajstić information content (AvgIpc) is 2.74. The molecule has 1 fully saturated rings. The molecule has 0 radical (unpaired) electrons. The van der Waals surface area contributed by atoms with E-state index in [9.17, 15) is 9.59 Å². The molecule has 0 bridgehead atoms. The molecule has 0 N–H and O–H groups in total. The maximum Gasteiger partial charge on any atom is 0.411 e. The normalized spacial score (nSPS) is 23.6. The molecule has 1 rings (SSSR count). The van der Waals surface area contributed by atoms with E-state index >= 15 is 0 Å². The van der Waals surface area contributed by atoms with Crippen molar-refractivity contribution < 1.29 is 23.8 Å². The third-order valence-corrected chi connectivity index (χ3v) is 2.88. The van der Waals surface area contributed by atoms with Crippen LogP contribution in [-0.4, -0.2) is 55.5 Å². The summed E-state index contributed by atoms with van der Waals surface area (Å²) < 4.78 is 15.3. The molecule has 1 atom stereocenters. The van der Waals surface area contributed by atoms with Crippen molar-refractivity contribution in [1.82, 2.24) is 4.90 Å². The molecule has 6 nitrogen and oxygen atoms in total. The summed E-state index contributed by atoms with van der Waals surface area (Å²) in [6.07, 6.45) is -0.145. The van der Waals surface area contributed by atoms with Crippen LogP contribution >= 0.6 is 0 Å². The maximum absolute atomic E-state index is 12.0. The number of ether oxygens (including phenoxy) is 3. The molecule has 6 heteroatoms. The second-order valence-electron chi connectivity index (χ2n) is 5.37. The fourth-order valence-corrected chi connectivity index (χ4v) is 1.81. The fraction of sp³-hybridized carbons (Fsp3) is 0.833. The number of hydrogen-bond acceptors (Lipinski definition) is 5. The third-order valence-electron chi connectivity index (χ3n) is 2.88. The zero-order valence-electron chi connectivity index (χ0n) is 11.6. The van der Waals surface area contributed by atoms with Gasteiger partial charge in [-0.2, -0.15) is 0 Å². The van der Waals surface area contributed by atoms with Gasteiger partial charge in [-0.25, -0.2) is 9.59 Å². The molecule has 0 aliphatic carbocycles. The molecule has 0 spiro atoms. The van der Waals surface area contributed by atoms with Gasteiger partial charge >= 0.3 is 12.1 Å². The van der Waals surface area contributed by atoms with Gasteiger partial charge in [0.15, 0.2) is 5.54 Å². The largest absolute Gasteiger partial charge is 0.467 e. The standard InChI is InChI=1S/C12H21NO5/c1-11(2,3)18-10(15)13(4)12(9(14)16-5)6-7-17-8-12/h6-8H2,1-5H3. The van der Waals surface area contributed by atoms with Crippen molar-refractivity contribution in [2.75, 3.05) is 27.4 Å². The van der Waals surface area contributed by atoms with Gasteiger partial charge in [0, 0.05) is 20.1 Å². The molecule has 0 aromatic carbocycles.